The molecular formula is C17H26N2O2. The highest BCUT2D eigenvalue weighted by Crippen LogP contribution is 2.38. The number of rotatable bonds is 5. The van der Waals surface area contributed by atoms with E-state index in [-0.39, 0.29) is 6.04 Å². The van der Waals surface area contributed by atoms with E-state index in [1.807, 2.05) is 18.2 Å². The SMILES string of the molecule is COc1ccc(OC)c(C(N)CN2CC3CCCC3C2)c1. The maximum absolute atomic E-state index is 6.45. The third kappa shape index (κ3) is 3.01. The normalized spacial score (nSPS) is 26.6. The fourth-order valence-electron chi connectivity index (χ4n) is 3.99. The summed E-state index contributed by atoms with van der Waals surface area (Å²) < 4.78 is 10.8. The van der Waals surface area contributed by atoms with Gasteiger partial charge in [-0.15, -0.1) is 0 Å². The molecule has 1 aliphatic carbocycles. The number of benzene rings is 1. The standard InChI is InChI=1S/C17H26N2O2/c1-20-14-6-7-17(21-2)15(8-14)16(18)11-19-9-12-4-3-5-13(12)10-19/h6-8,12-13,16H,3-5,9-11,18H2,1-2H3. The van der Waals surface area contributed by atoms with Crippen molar-refractivity contribution in [1.82, 2.24) is 4.90 Å². The van der Waals surface area contributed by atoms with E-state index in [9.17, 15) is 0 Å². The highest BCUT2D eigenvalue weighted by molar-refractivity contribution is 5.42. The highest BCUT2D eigenvalue weighted by atomic mass is 16.5. The number of hydrogen-bond acceptors (Lipinski definition) is 4. The van der Waals surface area contributed by atoms with E-state index in [1.165, 1.54) is 32.4 Å². The zero-order chi connectivity index (χ0) is 14.8. The Morgan fingerprint density at radius 2 is 1.90 bits per heavy atom. The van der Waals surface area contributed by atoms with Crippen molar-refractivity contribution < 1.29 is 9.47 Å². The van der Waals surface area contributed by atoms with E-state index in [2.05, 4.69) is 4.90 Å². The van der Waals surface area contributed by atoms with Crippen LogP contribution in [-0.2, 0) is 0 Å². The Morgan fingerprint density at radius 1 is 1.19 bits per heavy atom. The monoisotopic (exact) mass is 290 g/mol. The molecule has 1 aliphatic heterocycles. The van der Waals surface area contributed by atoms with Gasteiger partial charge in [-0.2, -0.15) is 0 Å². The number of ether oxygens (including phenoxy) is 2. The van der Waals surface area contributed by atoms with Crippen molar-refractivity contribution in [2.24, 2.45) is 17.6 Å². The van der Waals surface area contributed by atoms with E-state index in [1.54, 1.807) is 14.2 Å². The molecule has 0 amide bonds. The van der Waals surface area contributed by atoms with Gasteiger partial charge in [-0.05, 0) is 42.9 Å². The van der Waals surface area contributed by atoms with Gasteiger partial charge in [-0.1, -0.05) is 6.42 Å². The second-order valence-corrected chi connectivity index (χ2v) is 6.38. The molecular weight excluding hydrogens is 264 g/mol. The summed E-state index contributed by atoms with van der Waals surface area (Å²) in [6, 6.07) is 5.82. The Balaban J connectivity index is 1.68. The van der Waals surface area contributed by atoms with Crippen molar-refractivity contribution in [3.05, 3.63) is 23.8 Å². The van der Waals surface area contributed by atoms with Crippen molar-refractivity contribution >= 4 is 0 Å². The molecule has 21 heavy (non-hydrogen) atoms. The van der Waals surface area contributed by atoms with Gasteiger partial charge in [0.25, 0.3) is 0 Å². The van der Waals surface area contributed by atoms with Gasteiger partial charge in [0.05, 0.1) is 14.2 Å². The first-order valence-electron chi connectivity index (χ1n) is 7.91. The Morgan fingerprint density at radius 3 is 2.52 bits per heavy atom. The van der Waals surface area contributed by atoms with Crippen LogP contribution < -0.4 is 15.2 Å². The number of hydrogen-bond donors (Lipinski definition) is 1. The summed E-state index contributed by atoms with van der Waals surface area (Å²) in [5, 5.41) is 0. The average Bonchev–Trinajstić information content (AvgIpc) is 3.07. The van der Waals surface area contributed by atoms with Crippen molar-refractivity contribution in [1.29, 1.82) is 0 Å². The Kier molecular flexibility index (Phi) is 4.36. The Labute approximate surface area is 127 Å². The lowest BCUT2D eigenvalue weighted by Gasteiger charge is -2.23. The summed E-state index contributed by atoms with van der Waals surface area (Å²) in [5.41, 5.74) is 7.48. The molecule has 0 bridgehead atoms. The first-order chi connectivity index (χ1) is 10.2. The van der Waals surface area contributed by atoms with Gasteiger partial charge < -0.3 is 20.1 Å². The van der Waals surface area contributed by atoms with Crippen LogP contribution in [0.2, 0.25) is 0 Å². The molecule has 0 aromatic heterocycles. The number of nitrogens with two attached hydrogens (primary N) is 1. The van der Waals surface area contributed by atoms with Crippen LogP contribution in [0.25, 0.3) is 0 Å². The minimum atomic E-state index is -0.0334. The average molecular weight is 290 g/mol. The van der Waals surface area contributed by atoms with Crippen molar-refractivity contribution in [2.45, 2.75) is 25.3 Å². The largest absolute Gasteiger partial charge is 0.497 e. The minimum Gasteiger partial charge on any atom is -0.497 e. The predicted molar refractivity (Wildman–Crippen MR) is 83.7 cm³/mol. The van der Waals surface area contributed by atoms with Crippen LogP contribution in [0, 0.1) is 11.8 Å². The molecule has 3 rings (SSSR count). The van der Waals surface area contributed by atoms with Gasteiger partial charge in [-0.25, -0.2) is 0 Å². The van der Waals surface area contributed by atoms with Crippen LogP contribution in [0.15, 0.2) is 18.2 Å². The molecule has 3 unspecified atom stereocenters. The maximum Gasteiger partial charge on any atom is 0.123 e. The van der Waals surface area contributed by atoms with E-state index in [0.717, 1.165) is 35.4 Å². The first kappa shape index (κ1) is 14.7. The number of fused-ring (bicyclic) bond motifs is 1. The highest BCUT2D eigenvalue weighted by Gasteiger charge is 2.36. The van der Waals surface area contributed by atoms with Crippen LogP contribution >= 0.6 is 0 Å². The van der Waals surface area contributed by atoms with Crippen LogP contribution in [0.4, 0.5) is 0 Å². The van der Waals surface area contributed by atoms with E-state index in [4.69, 9.17) is 15.2 Å². The molecule has 1 saturated carbocycles. The molecule has 3 atom stereocenters. The molecule has 4 nitrogen and oxygen atoms in total. The second kappa shape index (κ2) is 6.24. The molecule has 1 aromatic rings. The summed E-state index contributed by atoms with van der Waals surface area (Å²) in [6.07, 6.45) is 4.22. The van der Waals surface area contributed by atoms with Gasteiger partial charge in [0, 0.05) is 31.2 Å². The Hall–Kier alpha value is -1.26. The quantitative estimate of drug-likeness (QED) is 0.905. The van der Waals surface area contributed by atoms with E-state index in [0.29, 0.717) is 0 Å². The van der Waals surface area contributed by atoms with E-state index < -0.39 is 0 Å². The van der Waals surface area contributed by atoms with Crippen LogP contribution in [0.3, 0.4) is 0 Å². The molecule has 2 aliphatic rings. The molecule has 0 radical (unpaired) electrons. The third-order valence-electron chi connectivity index (χ3n) is 5.09. The zero-order valence-corrected chi connectivity index (χ0v) is 13.0. The summed E-state index contributed by atoms with van der Waals surface area (Å²) in [7, 11) is 3.37. The molecule has 1 heterocycles. The van der Waals surface area contributed by atoms with Crippen LogP contribution in [0.1, 0.15) is 30.9 Å². The third-order valence-corrected chi connectivity index (χ3v) is 5.09. The van der Waals surface area contributed by atoms with Gasteiger partial charge in [-0.3, -0.25) is 0 Å². The lowest BCUT2D eigenvalue weighted by Crippen LogP contribution is -2.31. The molecule has 4 heteroatoms. The zero-order valence-electron chi connectivity index (χ0n) is 13.0. The van der Waals surface area contributed by atoms with Crippen molar-refractivity contribution in [2.75, 3.05) is 33.9 Å². The molecule has 0 spiro atoms. The van der Waals surface area contributed by atoms with Gasteiger partial charge in [0.2, 0.25) is 0 Å². The van der Waals surface area contributed by atoms with Crippen LogP contribution in [0.5, 0.6) is 11.5 Å². The molecule has 1 aromatic carbocycles. The summed E-state index contributed by atoms with van der Waals surface area (Å²) in [5.74, 6) is 3.50. The summed E-state index contributed by atoms with van der Waals surface area (Å²) in [6.45, 7) is 3.33. The molecule has 2 fully saturated rings. The van der Waals surface area contributed by atoms with Gasteiger partial charge >= 0.3 is 0 Å². The molecule has 2 N–H and O–H groups in total. The van der Waals surface area contributed by atoms with E-state index >= 15 is 0 Å². The number of methoxy groups -OCH3 is 2. The first-order valence-corrected chi connectivity index (χ1v) is 7.91. The lowest BCUT2D eigenvalue weighted by molar-refractivity contribution is 0.288. The smallest absolute Gasteiger partial charge is 0.123 e. The van der Waals surface area contributed by atoms with Crippen molar-refractivity contribution in [3.63, 3.8) is 0 Å². The second-order valence-electron chi connectivity index (χ2n) is 6.38. The molecule has 116 valence electrons. The maximum atomic E-state index is 6.45. The fraction of sp³-hybridized carbons (Fsp3) is 0.647. The number of nitrogens with zero attached hydrogens (tertiary/aromatic N) is 1. The fourth-order valence-corrected chi connectivity index (χ4v) is 3.99. The lowest BCUT2D eigenvalue weighted by atomic mass is 10.0. The minimum absolute atomic E-state index is 0.0334. The van der Waals surface area contributed by atoms with Crippen molar-refractivity contribution in [3.8, 4) is 11.5 Å². The Bertz CT molecular complexity index is 480. The van der Waals surface area contributed by atoms with Gasteiger partial charge in [0.15, 0.2) is 0 Å². The van der Waals surface area contributed by atoms with Crippen LogP contribution in [-0.4, -0.2) is 38.8 Å². The number of likely N-dealkylation sites (tertiary alicyclic amines) is 1. The van der Waals surface area contributed by atoms with Gasteiger partial charge in [0.1, 0.15) is 11.5 Å². The summed E-state index contributed by atoms with van der Waals surface area (Å²) >= 11 is 0. The molecule has 1 saturated heterocycles. The topological polar surface area (TPSA) is 47.7 Å². The summed E-state index contributed by atoms with van der Waals surface area (Å²) in [4.78, 5) is 2.53. The predicted octanol–water partition coefficient (Wildman–Crippen LogP) is 2.44.